The van der Waals surface area contributed by atoms with E-state index in [2.05, 4.69) is 21.0 Å². The minimum Gasteiger partial charge on any atom is -0.495 e. The van der Waals surface area contributed by atoms with Gasteiger partial charge in [-0.15, -0.1) is 0 Å². The van der Waals surface area contributed by atoms with Crippen LogP contribution in [0.25, 0.3) is 11.3 Å². The zero-order chi connectivity index (χ0) is 21.6. The Bertz CT molecular complexity index is 1030. The van der Waals surface area contributed by atoms with Gasteiger partial charge in [0, 0.05) is 56.4 Å². The van der Waals surface area contributed by atoms with Crippen LogP contribution in [0.15, 0.2) is 59.1 Å². The van der Waals surface area contributed by atoms with Crippen molar-refractivity contribution >= 4 is 11.4 Å². The Morgan fingerprint density at radius 3 is 2.68 bits per heavy atom. The SMILES string of the molecule is COc1ccccc1N1CCN(CCCc2cc(-c3cccc([N+](=O)[O-])c3)no2)CC1. The van der Waals surface area contributed by atoms with Crippen LogP contribution in [-0.2, 0) is 6.42 Å². The summed E-state index contributed by atoms with van der Waals surface area (Å²) in [5.74, 6) is 1.72. The van der Waals surface area contributed by atoms with E-state index >= 15 is 0 Å². The maximum Gasteiger partial charge on any atom is 0.270 e. The Morgan fingerprint density at radius 1 is 1.10 bits per heavy atom. The average Bonchev–Trinajstić information content (AvgIpc) is 3.28. The lowest BCUT2D eigenvalue weighted by molar-refractivity contribution is -0.384. The van der Waals surface area contributed by atoms with Gasteiger partial charge in [-0.3, -0.25) is 15.0 Å². The van der Waals surface area contributed by atoms with Gasteiger partial charge in [0.25, 0.3) is 5.69 Å². The fourth-order valence-electron chi connectivity index (χ4n) is 3.93. The third kappa shape index (κ3) is 5.03. The van der Waals surface area contributed by atoms with Gasteiger partial charge in [-0.1, -0.05) is 29.4 Å². The summed E-state index contributed by atoms with van der Waals surface area (Å²) in [5, 5.41) is 15.0. The monoisotopic (exact) mass is 422 g/mol. The molecule has 1 aliphatic heterocycles. The molecule has 0 N–H and O–H groups in total. The number of ether oxygens (including phenoxy) is 1. The number of non-ortho nitro benzene ring substituents is 1. The Hall–Kier alpha value is -3.39. The van der Waals surface area contributed by atoms with Gasteiger partial charge in [0.2, 0.25) is 0 Å². The quantitative estimate of drug-likeness (QED) is 0.400. The molecule has 4 rings (SSSR count). The number of hydrogen-bond donors (Lipinski definition) is 0. The molecule has 1 saturated heterocycles. The highest BCUT2D eigenvalue weighted by molar-refractivity contribution is 5.62. The molecule has 1 aliphatic rings. The van der Waals surface area contributed by atoms with Crippen LogP contribution in [0.2, 0.25) is 0 Å². The van der Waals surface area contributed by atoms with Gasteiger partial charge in [-0.2, -0.15) is 0 Å². The molecule has 8 nitrogen and oxygen atoms in total. The predicted octanol–water partition coefficient (Wildman–Crippen LogP) is 4.01. The second-order valence-electron chi connectivity index (χ2n) is 7.59. The number of methoxy groups -OCH3 is 1. The molecular formula is C23H26N4O4. The third-order valence-electron chi connectivity index (χ3n) is 5.61. The summed E-state index contributed by atoms with van der Waals surface area (Å²) in [6.07, 6.45) is 1.76. The molecule has 0 saturated carbocycles. The van der Waals surface area contributed by atoms with E-state index in [4.69, 9.17) is 9.26 Å². The summed E-state index contributed by atoms with van der Waals surface area (Å²) < 4.78 is 10.9. The zero-order valence-corrected chi connectivity index (χ0v) is 17.6. The summed E-state index contributed by atoms with van der Waals surface area (Å²) in [6.45, 7) is 4.95. The number of para-hydroxylation sites is 2. The molecule has 2 aromatic carbocycles. The number of benzene rings is 2. The lowest BCUT2D eigenvalue weighted by Crippen LogP contribution is -2.46. The largest absolute Gasteiger partial charge is 0.495 e. The van der Waals surface area contributed by atoms with Crippen molar-refractivity contribution in [3.63, 3.8) is 0 Å². The van der Waals surface area contributed by atoms with Crippen molar-refractivity contribution in [2.75, 3.05) is 44.7 Å². The number of rotatable bonds is 8. The second-order valence-corrected chi connectivity index (χ2v) is 7.59. The molecule has 1 aromatic heterocycles. The van der Waals surface area contributed by atoms with Crippen LogP contribution in [0.3, 0.4) is 0 Å². The highest BCUT2D eigenvalue weighted by Crippen LogP contribution is 2.28. The van der Waals surface area contributed by atoms with Crippen LogP contribution < -0.4 is 9.64 Å². The van der Waals surface area contributed by atoms with E-state index in [1.165, 1.54) is 12.1 Å². The first-order valence-corrected chi connectivity index (χ1v) is 10.4. The molecule has 0 amide bonds. The van der Waals surface area contributed by atoms with Crippen molar-refractivity contribution < 1.29 is 14.2 Å². The first kappa shape index (κ1) is 20.9. The van der Waals surface area contributed by atoms with E-state index in [-0.39, 0.29) is 5.69 Å². The summed E-state index contributed by atoms with van der Waals surface area (Å²) in [5.41, 5.74) is 2.52. The van der Waals surface area contributed by atoms with Crippen molar-refractivity contribution in [2.24, 2.45) is 0 Å². The molecule has 3 aromatic rings. The van der Waals surface area contributed by atoms with Crippen molar-refractivity contribution in [1.29, 1.82) is 0 Å². The number of aromatic nitrogens is 1. The number of hydrogen-bond acceptors (Lipinski definition) is 7. The lowest BCUT2D eigenvalue weighted by Gasteiger charge is -2.36. The highest BCUT2D eigenvalue weighted by Gasteiger charge is 2.19. The molecule has 2 heterocycles. The number of anilines is 1. The fourth-order valence-corrected chi connectivity index (χ4v) is 3.93. The Morgan fingerprint density at radius 2 is 1.90 bits per heavy atom. The Balaban J connectivity index is 1.26. The first-order valence-electron chi connectivity index (χ1n) is 10.4. The average molecular weight is 422 g/mol. The van der Waals surface area contributed by atoms with Gasteiger partial charge < -0.3 is 14.2 Å². The summed E-state index contributed by atoms with van der Waals surface area (Å²) in [4.78, 5) is 15.4. The first-order chi connectivity index (χ1) is 15.1. The Kier molecular flexibility index (Phi) is 6.47. The lowest BCUT2D eigenvalue weighted by atomic mass is 10.1. The second kappa shape index (κ2) is 9.61. The van der Waals surface area contributed by atoms with Crippen LogP contribution in [-0.4, -0.2) is 54.8 Å². The third-order valence-corrected chi connectivity index (χ3v) is 5.61. The molecule has 0 unspecified atom stereocenters. The summed E-state index contributed by atoms with van der Waals surface area (Å²) >= 11 is 0. The van der Waals surface area contributed by atoms with Crippen LogP contribution in [0.4, 0.5) is 11.4 Å². The maximum absolute atomic E-state index is 11.0. The normalized spacial score (nSPS) is 14.5. The van der Waals surface area contributed by atoms with E-state index in [0.29, 0.717) is 11.3 Å². The van der Waals surface area contributed by atoms with Crippen molar-refractivity contribution in [3.8, 4) is 17.0 Å². The number of nitrogens with zero attached hydrogens (tertiary/aromatic N) is 4. The van der Waals surface area contributed by atoms with Gasteiger partial charge in [0.05, 0.1) is 17.7 Å². The number of piperazine rings is 1. The molecule has 0 bridgehead atoms. The van der Waals surface area contributed by atoms with Crippen molar-refractivity contribution in [2.45, 2.75) is 12.8 Å². The zero-order valence-electron chi connectivity index (χ0n) is 17.6. The van der Waals surface area contributed by atoms with E-state index in [9.17, 15) is 10.1 Å². The van der Waals surface area contributed by atoms with Crippen LogP contribution in [0, 0.1) is 10.1 Å². The van der Waals surface area contributed by atoms with Crippen LogP contribution >= 0.6 is 0 Å². The van der Waals surface area contributed by atoms with Crippen LogP contribution in [0.5, 0.6) is 5.75 Å². The molecule has 162 valence electrons. The minimum absolute atomic E-state index is 0.0503. The topological polar surface area (TPSA) is 84.9 Å². The van der Waals surface area contributed by atoms with Crippen LogP contribution in [0.1, 0.15) is 12.2 Å². The van der Waals surface area contributed by atoms with E-state index in [0.717, 1.165) is 62.8 Å². The highest BCUT2D eigenvalue weighted by atomic mass is 16.6. The number of aryl methyl sites for hydroxylation is 1. The van der Waals surface area contributed by atoms with Gasteiger partial charge in [0.1, 0.15) is 17.2 Å². The minimum atomic E-state index is -0.405. The van der Waals surface area contributed by atoms with Gasteiger partial charge in [-0.05, 0) is 25.1 Å². The van der Waals surface area contributed by atoms with E-state index in [1.807, 2.05) is 24.3 Å². The molecule has 8 heteroatoms. The smallest absolute Gasteiger partial charge is 0.270 e. The molecule has 0 aliphatic carbocycles. The summed E-state index contributed by atoms with van der Waals surface area (Å²) in [7, 11) is 1.71. The van der Waals surface area contributed by atoms with Crippen molar-refractivity contribution in [3.05, 3.63) is 70.5 Å². The van der Waals surface area contributed by atoms with Gasteiger partial charge in [-0.25, -0.2) is 0 Å². The number of nitro groups is 1. The molecule has 0 radical (unpaired) electrons. The maximum atomic E-state index is 11.0. The number of nitro benzene ring substituents is 1. The van der Waals surface area contributed by atoms with Crippen molar-refractivity contribution in [1.82, 2.24) is 10.1 Å². The standard InChI is InChI=1S/C23H26N4O4/c1-30-23-10-3-2-9-22(23)26-14-12-25(13-15-26)11-5-8-20-17-21(24-31-20)18-6-4-7-19(16-18)27(28)29/h2-4,6-7,9-10,16-17H,5,8,11-15H2,1H3. The molecule has 0 atom stereocenters. The predicted molar refractivity (Wildman–Crippen MR) is 119 cm³/mol. The molecule has 31 heavy (non-hydrogen) atoms. The molecule has 1 fully saturated rings. The van der Waals surface area contributed by atoms with E-state index < -0.39 is 4.92 Å². The van der Waals surface area contributed by atoms with Gasteiger partial charge in [0.15, 0.2) is 0 Å². The van der Waals surface area contributed by atoms with E-state index in [1.54, 1.807) is 19.2 Å². The molecule has 0 spiro atoms. The Labute approximate surface area is 181 Å². The summed E-state index contributed by atoms with van der Waals surface area (Å²) in [6, 6.07) is 16.5. The molecular weight excluding hydrogens is 396 g/mol. The fraction of sp³-hybridized carbons (Fsp3) is 0.348. The van der Waals surface area contributed by atoms with Gasteiger partial charge >= 0.3 is 0 Å².